The minimum atomic E-state index is -0.239. The van der Waals surface area contributed by atoms with E-state index in [0.29, 0.717) is 13.2 Å². The number of rotatable bonds is 6. The predicted octanol–water partition coefficient (Wildman–Crippen LogP) is 3.50. The van der Waals surface area contributed by atoms with Gasteiger partial charge in [-0.05, 0) is 30.3 Å². The molecule has 27 heavy (non-hydrogen) atoms. The van der Waals surface area contributed by atoms with Crippen molar-refractivity contribution < 1.29 is 13.9 Å². The van der Waals surface area contributed by atoms with E-state index in [2.05, 4.69) is 34.5 Å². The van der Waals surface area contributed by atoms with Gasteiger partial charge in [0.1, 0.15) is 5.82 Å². The third kappa shape index (κ3) is 5.23. The molecule has 6 heteroatoms. The van der Waals surface area contributed by atoms with Crippen LogP contribution in [0.15, 0.2) is 59.5 Å². The van der Waals surface area contributed by atoms with Crippen molar-refractivity contribution in [2.75, 3.05) is 43.9 Å². The number of nitrogens with one attached hydrogen (secondary N) is 1. The van der Waals surface area contributed by atoms with Crippen molar-refractivity contribution in [2.24, 2.45) is 0 Å². The van der Waals surface area contributed by atoms with Crippen molar-refractivity contribution in [1.82, 2.24) is 4.90 Å². The lowest BCUT2D eigenvalue weighted by Crippen LogP contribution is -2.31. The number of hydrogen-bond donors (Lipinski definition) is 1. The third-order valence-corrected chi connectivity index (χ3v) is 5.92. The molecule has 0 bridgehead atoms. The Bertz CT molecular complexity index is 717. The molecule has 0 unspecified atom stereocenters. The fraction of sp³-hybridized carbons (Fsp3) is 0.429. The van der Waals surface area contributed by atoms with Gasteiger partial charge in [0.15, 0.2) is 0 Å². The first-order valence-corrected chi connectivity index (χ1v) is 10.4. The summed E-state index contributed by atoms with van der Waals surface area (Å²) in [6.07, 6.45) is 0.233. The van der Waals surface area contributed by atoms with Gasteiger partial charge in [-0.2, -0.15) is 0 Å². The summed E-state index contributed by atoms with van der Waals surface area (Å²) in [5.74, 6) is 0.823. The predicted molar refractivity (Wildman–Crippen MR) is 107 cm³/mol. The Kier molecular flexibility index (Phi) is 6.29. The number of benzene rings is 2. The topological polar surface area (TPSA) is 33.7 Å². The van der Waals surface area contributed by atoms with E-state index in [4.69, 9.17) is 9.47 Å². The molecular formula is C21H25FN2O2S. The Morgan fingerprint density at radius 1 is 1.00 bits per heavy atom. The molecule has 2 heterocycles. The molecule has 4 nitrogen and oxygen atoms in total. The molecule has 0 amide bonds. The molecular weight excluding hydrogens is 363 g/mol. The molecule has 2 aliphatic rings. The van der Waals surface area contributed by atoms with E-state index in [1.54, 1.807) is 6.07 Å². The number of fused-ring (bicyclic) bond motifs is 1. The number of likely N-dealkylation sites (tertiary alicyclic amines) is 1. The Labute approximate surface area is 164 Å². The summed E-state index contributed by atoms with van der Waals surface area (Å²) < 4.78 is 25.5. The quantitative estimate of drug-likeness (QED) is 0.766. The highest BCUT2D eigenvalue weighted by molar-refractivity contribution is 7.99. The van der Waals surface area contributed by atoms with Gasteiger partial charge in [0, 0.05) is 36.0 Å². The van der Waals surface area contributed by atoms with Gasteiger partial charge in [-0.25, -0.2) is 4.39 Å². The molecule has 0 aliphatic carbocycles. The highest BCUT2D eigenvalue weighted by Gasteiger charge is 2.37. The van der Waals surface area contributed by atoms with Gasteiger partial charge >= 0.3 is 0 Å². The molecule has 2 aliphatic heterocycles. The largest absolute Gasteiger partial charge is 0.378 e. The van der Waals surface area contributed by atoms with Crippen LogP contribution in [0.1, 0.15) is 0 Å². The lowest BCUT2D eigenvalue weighted by Gasteiger charge is -2.20. The summed E-state index contributed by atoms with van der Waals surface area (Å²) in [6.45, 7) is 4.00. The summed E-state index contributed by atoms with van der Waals surface area (Å²) in [5, 5.41) is 3.31. The van der Waals surface area contributed by atoms with Gasteiger partial charge in [-0.3, -0.25) is 4.90 Å². The van der Waals surface area contributed by atoms with Gasteiger partial charge in [0.05, 0.1) is 31.5 Å². The van der Waals surface area contributed by atoms with Crippen LogP contribution >= 0.6 is 11.8 Å². The van der Waals surface area contributed by atoms with E-state index in [0.717, 1.165) is 31.1 Å². The maximum atomic E-state index is 13.3. The maximum absolute atomic E-state index is 13.3. The van der Waals surface area contributed by atoms with Crippen LogP contribution in [0.5, 0.6) is 0 Å². The minimum Gasteiger partial charge on any atom is -0.378 e. The van der Waals surface area contributed by atoms with Crippen LogP contribution in [0.25, 0.3) is 0 Å². The highest BCUT2D eigenvalue weighted by atomic mass is 32.2. The van der Waals surface area contributed by atoms with Crippen LogP contribution < -0.4 is 5.32 Å². The molecule has 0 spiro atoms. The van der Waals surface area contributed by atoms with Crippen molar-refractivity contribution in [3.63, 3.8) is 0 Å². The van der Waals surface area contributed by atoms with Crippen molar-refractivity contribution >= 4 is 17.4 Å². The number of halogens is 1. The van der Waals surface area contributed by atoms with Crippen LogP contribution in [0.2, 0.25) is 0 Å². The Balaban J connectivity index is 1.22. The fourth-order valence-electron chi connectivity index (χ4n) is 3.56. The van der Waals surface area contributed by atoms with E-state index in [1.165, 1.54) is 17.0 Å². The smallest absolute Gasteiger partial charge is 0.125 e. The second kappa shape index (κ2) is 9.06. The fourth-order valence-corrected chi connectivity index (χ4v) is 4.49. The Hall–Kier alpha value is -1.60. The van der Waals surface area contributed by atoms with Gasteiger partial charge in [0.25, 0.3) is 0 Å². The standard InChI is InChI=1S/C21H25FN2O2S/c22-16-5-4-6-17(11-16)23-18-14-25-20-12-24(13-21(20)26-15-18)9-10-27-19-7-2-1-3-8-19/h1-8,11,18,20-21,23H,9-10,12-15H2/t20-,21-/m0/s1. The number of hydrogen-bond acceptors (Lipinski definition) is 5. The van der Waals surface area contributed by atoms with Gasteiger partial charge in [0.2, 0.25) is 0 Å². The van der Waals surface area contributed by atoms with Crippen molar-refractivity contribution in [3.05, 3.63) is 60.4 Å². The third-order valence-electron chi connectivity index (χ3n) is 4.93. The Morgan fingerprint density at radius 2 is 1.74 bits per heavy atom. The molecule has 0 aromatic heterocycles. The van der Waals surface area contributed by atoms with Gasteiger partial charge in [-0.1, -0.05) is 24.3 Å². The van der Waals surface area contributed by atoms with Crippen LogP contribution in [0, 0.1) is 5.82 Å². The summed E-state index contributed by atoms with van der Waals surface area (Å²) in [7, 11) is 0. The van der Waals surface area contributed by atoms with E-state index >= 15 is 0 Å². The van der Waals surface area contributed by atoms with E-state index in [1.807, 2.05) is 23.9 Å². The SMILES string of the molecule is Fc1cccc(NC2CO[C@H]3CN(CCSc4ccccc4)C[C@@H]3OC2)c1. The average Bonchev–Trinajstić information content (AvgIpc) is 2.97. The van der Waals surface area contributed by atoms with Crippen molar-refractivity contribution in [3.8, 4) is 0 Å². The lowest BCUT2D eigenvalue weighted by molar-refractivity contribution is -0.00461. The lowest BCUT2D eigenvalue weighted by atomic mass is 10.2. The molecule has 4 rings (SSSR count). The number of anilines is 1. The molecule has 144 valence electrons. The monoisotopic (exact) mass is 388 g/mol. The van der Waals surface area contributed by atoms with E-state index in [-0.39, 0.29) is 24.1 Å². The number of thioether (sulfide) groups is 1. The normalized spacial score (nSPS) is 23.7. The molecule has 0 radical (unpaired) electrons. The summed E-state index contributed by atoms with van der Waals surface area (Å²) >= 11 is 1.88. The minimum absolute atomic E-state index is 0.0412. The zero-order valence-electron chi connectivity index (χ0n) is 15.2. The average molecular weight is 389 g/mol. The molecule has 2 atom stereocenters. The van der Waals surface area contributed by atoms with Crippen LogP contribution in [-0.4, -0.2) is 61.8 Å². The van der Waals surface area contributed by atoms with Crippen LogP contribution in [-0.2, 0) is 9.47 Å². The summed E-state index contributed by atoms with van der Waals surface area (Å²) in [4.78, 5) is 3.73. The zero-order valence-corrected chi connectivity index (χ0v) is 16.0. The first-order chi connectivity index (χ1) is 13.3. The maximum Gasteiger partial charge on any atom is 0.125 e. The van der Waals surface area contributed by atoms with Gasteiger partial charge < -0.3 is 14.8 Å². The van der Waals surface area contributed by atoms with Crippen LogP contribution in [0.3, 0.4) is 0 Å². The first kappa shape index (κ1) is 18.7. The summed E-state index contributed by atoms with van der Waals surface area (Å²) in [5.41, 5.74) is 0.763. The van der Waals surface area contributed by atoms with Gasteiger partial charge in [-0.15, -0.1) is 11.8 Å². The number of nitrogens with zero attached hydrogens (tertiary/aromatic N) is 1. The molecule has 2 aromatic carbocycles. The van der Waals surface area contributed by atoms with Crippen molar-refractivity contribution in [2.45, 2.75) is 23.1 Å². The van der Waals surface area contributed by atoms with Crippen LogP contribution in [0.4, 0.5) is 10.1 Å². The summed E-state index contributed by atoms with van der Waals surface area (Å²) in [6, 6.07) is 17.0. The molecule has 1 N–H and O–H groups in total. The second-order valence-electron chi connectivity index (χ2n) is 7.02. The highest BCUT2D eigenvalue weighted by Crippen LogP contribution is 2.23. The van der Waals surface area contributed by atoms with E-state index < -0.39 is 0 Å². The molecule has 2 saturated heterocycles. The molecule has 2 aromatic rings. The number of ether oxygens (including phenoxy) is 2. The Morgan fingerprint density at radius 3 is 2.44 bits per heavy atom. The molecule has 2 fully saturated rings. The first-order valence-electron chi connectivity index (χ1n) is 9.42. The van der Waals surface area contributed by atoms with Crippen molar-refractivity contribution in [1.29, 1.82) is 0 Å². The molecule has 0 saturated carbocycles. The second-order valence-corrected chi connectivity index (χ2v) is 8.18. The van der Waals surface area contributed by atoms with E-state index in [9.17, 15) is 4.39 Å². The zero-order chi connectivity index (χ0) is 18.5.